The highest BCUT2D eigenvalue weighted by atomic mass is 32.1. The number of carbonyl (C=O) groups is 1. The SMILES string of the molecule is CN1C2CCC1CC(NC(=O)c1cc(COc3ccccc3F)cs1)C2. The number of benzene rings is 1. The van der Waals surface area contributed by atoms with Crippen LogP contribution in [0, 0.1) is 5.82 Å². The van der Waals surface area contributed by atoms with Gasteiger partial charge in [0.1, 0.15) is 6.61 Å². The van der Waals surface area contributed by atoms with Gasteiger partial charge in [-0.3, -0.25) is 4.79 Å². The summed E-state index contributed by atoms with van der Waals surface area (Å²) in [7, 11) is 2.20. The monoisotopic (exact) mass is 374 g/mol. The van der Waals surface area contributed by atoms with Crippen LogP contribution in [0.25, 0.3) is 0 Å². The van der Waals surface area contributed by atoms with E-state index in [1.54, 1.807) is 18.2 Å². The second-order valence-corrected chi connectivity index (χ2v) is 8.14. The Morgan fingerprint density at radius 2 is 2.04 bits per heavy atom. The first-order valence-electron chi connectivity index (χ1n) is 9.07. The molecule has 2 unspecified atom stereocenters. The smallest absolute Gasteiger partial charge is 0.261 e. The van der Waals surface area contributed by atoms with E-state index in [1.807, 2.05) is 11.4 Å². The van der Waals surface area contributed by atoms with Crippen LogP contribution in [-0.2, 0) is 6.61 Å². The third-order valence-electron chi connectivity index (χ3n) is 5.54. The first-order chi connectivity index (χ1) is 12.6. The Morgan fingerprint density at radius 3 is 2.77 bits per heavy atom. The van der Waals surface area contributed by atoms with Crippen molar-refractivity contribution in [2.45, 2.75) is 50.4 Å². The molecular formula is C20H23FN2O2S. The van der Waals surface area contributed by atoms with Crippen LogP contribution in [0.3, 0.4) is 0 Å². The molecule has 2 aromatic rings. The highest BCUT2D eigenvalue weighted by Gasteiger charge is 2.38. The lowest BCUT2D eigenvalue weighted by atomic mass is 9.98. The summed E-state index contributed by atoms with van der Waals surface area (Å²) in [6.45, 7) is 0.253. The number of piperidine rings is 1. The highest BCUT2D eigenvalue weighted by Crippen LogP contribution is 2.34. The van der Waals surface area contributed by atoms with Crippen LogP contribution in [0.1, 0.15) is 40.9 Å². The molecule has 3 heterocycles. The predicted octanol–water partition coefficient (Wildman–Crippen LogP) is 3.82. The average Bonchev–Trinajstić information content (AvgIpc) is 3.16. The molecule has 1 aromatic heterocycles. The minimum Gasteiger partial charge on any atom is -0.486 e. The number of nitrogens with zero attached hydrogens (tertiary/aromatic N) is 1. The quantitative estimate of drug-likeness (QED) is 0.865. The van der Waals surface area contributed by atoms with Gasteiger partial charge in [0.15, 0.2) is 11.6 Å². The van der Waals surface area contributed by atoms with E-state index >= 15 is 0 Å². The van der Waals surface area contributed by atoms with E-state index in [0.717, 1.165) is 18.4 Å². The molecule has 2 aliphatic rings. The van der Waals surface area contributed by atoms with Crippen molar-refractivity contribution in [3.63, 3.8) is 0 Å². The zero-order chi connectivity index (χ0) is 18.1. The molecule has 6 heteroatoms. The number of ether oxygens (including phenoxy) is 1. The van der Waals surface area contributed by atoms with Gasteiger partial charge in [0.05, 0.1) is 4.88 Å². The van der Waals surface area contributed by atoms with Crippen molar-refractivity contribution in [2.24, 2.45) is 0 Å². The lowest BCUT2D eigenvalue weighted by Crippen LogP contribution is -2.48. The van der Waals surface area contributed by atoms with Gasteiger partial charge in [0.25, 0.3) is 5.91 Å². The van der Waals surface area contributed by atoms with Gasteiger partial charge in [0, 0.05) is 23.7 Å². The standard InChI is InChI=1S/C20H23FN2O2S/c1-23-15-6-7-16(23)10-14(9-15)22-20(24)19-8-13(12-26-19)11-25-18-5-3-2-4-17(18)21/h2-5,8,12,14-16H,6-7,9-11H2,1H3,(H,22,24). The number of rotatable bonds is 5. The molecule has 0 radical (unpaired) electrons. The van der Waals surface area contributed by atoms with Gasteiger partial charge in [-0.25, -0.2) is 4.39 Å². The highest BCUT2D eigenvalue weighted by molar-refractivity contribution is 7.12. The van der Waals surface area contributed by atoms with E-state index in [1.165, 1.54) is 30.2 Å². The summed E-state index contributed by atoms with van der Waals surface area (Å²) in [4.78, 5) is 15.7. The molecule has 0 aliphatic carbocycles. The zero-order valence-electron chi connectivity index (χ0n) is 14.8. The molecule has 1 amide bonds. The van der Waals surface area contributed by atoms with Gasteiger partial charge < -0.3 is 15.0 Å². The average molecular weight is 374 g/mol. The number of hydrogen-bond donors (Lipinski definition) is 1. The Labute approximate surface area is 157 Å². The van der Waals surface area contributed by atoms with Gasteiger partial charge in [-0.1, -0.05) is 12.1 Å². The van der Waals surface area contributed by atoms with Crippen molar-refractivity contribution in [3.05, 3.63) is 52.0 Å². The summed E-state index contributed by atoms with van der Waals surface area (Å²) in [5.41, 5.74) is 0.881. The normalized spacial score (nSPS) is 25.2. The van der Waals surface area contributed by atoms with Crippen molar-refractivity contribution in [2.75, 3.05) is 7.05 Å². The van der Waals surface area contributed by atoms with Crippen LogP contribution in [-0.4, -0.2) is 36.0 Å². The maximum atomic E-state index is 13.6. The Morgan fingerprint density at radius 1 is 1.31 bits per heavy atom. The third kappa shape index (κ3) is 3.62. The number of halogens is 1. The van der Waals surface area contributed by atoms with E-state index in [-0.39, 0.29) is 30.1 Å². The zero-order valence-corrected chi connectivity index (χ0v) is 15.6. The number of hydrogen-bond acceptors (Lipinski definition) is 4. The molecule has 1 aromatic carbocycles. The molecule has 0 saturated carbocycles. The number of fused-ring (bicyclic) bond motifs is 2. The molecule has 0 spiro atoms. The van der Waals surface area contributed by atoms with Gasteiger partial charge in [-0.2, -0.15) is 0 Å². The van der Waals surface area contributed by atoms with Gasteiger partial charge in [-0.15, -0.1) is 11.3 Å². The Bertz CT molecular complexity index is 780. The topological polar surface area (TPSA) is 41.6 Å². The minimum atomic E-state index is -0.377. The van der Waals surface area contributed by atoms with Crippen molar-refractivity contribution in [1.29, 1.82) is 0 Å². The molecule has 138 valence electrons. The second kappa shape index (κ2) is 7.37. The molecule has 1 N–H and O–H groups in total. The fourth-order valence-corrected chi connectivity index (χ4v) is 4.88. The van der Waals surface area contributed by atoms with Crippen LogP contribution >= 0.6 is 11.3 Å². The van der Waals surface area contributed by atoms with Crippen LogP contribution in [0.4, 0.5) is 4.39 Å². The van der Waals surface area contributed by atoms with E-state index in [0.29, 0.717) is 17.0 Å². The number of carbonyl (C=O) groups excluding carboxylic acids is 1. The Hall–Kier alpha value is -1.92. The summed E-state index contributed by atoms with van der Waals surface area (Å²) in [6.07, 6.45) is 4.55. The minimum absolute atomic E-state index is 0.0129. The first kappa shape index (κ1) is 17.5. The van der Waals surface area contributed by atoms with Crippen molar-refractivity contribution in [1.82, 2.24) is 10.2 Å². The van der Waals surface area contributed by atoms with Crippen LogP contribution < -0.4 is 10.1 Å². The number of nitrogens with one attached hydrogen (secondary N) is 1. The van der Waals surface area contributed by atoms with Gasteiger partial charge in [-0.05, 0) is 56.3 Å². The molecule has 26 heavy (non-hydrogen) atoms. The summed E-state index contributed by atoms with van der Waals surface area (Å²) in [6, 6.07) is 9.64. The first-order valence-corrected chi connectivity index (χ1v) is 9.95. The molecule has 2 saturated heterocycles. The van der Waals surface area contributed by atoms with Crippen LogP contribution in [0.2, 0.25) is 0 Å². The van der Waals surface area contributed by atoms with Crippen molar-refractivity contribution >= 4 is 17.2 Å². The summed E-state index contributed by atoms with van der Waals surface area (Å²) < 4.78 is 19.1. The fourth-order valence-electron chi connectivity index (χ4n) is 4.08. The number of thiophene rings is 1. The maximum absolute atomic E-state index is 13.6. The molecular weight excluding hydrogens is 351 g/mol. The van der Waals surface area contributed by atoms with E-state index in [9.17, 15) is 9.18 Å². The Kier molecular flexibility index (Phi) is 4.96. The molecule has 2 atom stereocenters. The predicted molar refractivity (Wildman–Crippen MR) is 100 cm³/mol. The van der Waals surface area contributed by atoms with Crippen LogP contribution in [0.15, 0.2) is 35.7 Å². The van der Waals surface area contributed by atoms with Crippen molar-refractivity contribution in [3.8, 4) is 5.75 Å². The van der Waals surface area contributed by atoms with E-state index in [4.69, 9.17) is 4.74 Å². The summed E-state index contributed by atoms with van der Waals surface area (Å²) >= 11 is 1.41. The van der Waals surface area contributed by atoms with Crippen LogP contribution in [0.5, 0.6) is 5.75 Å². The Balaban J connectivity index is 1.33. The number of amides is 1. The van der Waals surface area contributed by atoms with Crippen molar-refractivity contribution < 1.29 is 13.9 Å². The third-order valence-corrected chi connectivity index (χ3v) is 6.52. The summed E-state index contributed by atoms with van der Waals surface area (Å²) in [5, 5.41) is 5.09. The molecule has 2 bridgehead atoms. The largest absolute Gasteiger partial charge is 0.486 e. The molecule has 4 rings (SSSR count). The van der Waals surface area contributed by atoms with Gasteiger partial charge >= 0.3 is 0 Å². The van der Waals surface area contributed by atoms with E-state index < -0.39 is 0 Å². The lowest BCUT2D eigenvalue weighted by molar-refractivity contribution is 0.0886. The van der Waals surface area contributed by atoms with E-state index in [2.05, 4.69) is 17.3 Å². The summed E-state index contributed by atoms with van der Waals surface area (Å²) in [5.74, 6) is -0.162. The maximum Gasteiger partial charge on any atom is 0.261 e. The number of para-hydroxylation sites is 1. The molecule has 4 nitrogen and oxygen atoms in total. The lowest BCUT2D eigenvalue weighted by Gasteiger charge is -2.36. The molecule has 2 aliphatic heterocycles. The fraction of sp³-hybridized carbons (Fsp3) is 0.450. The van der Waals surface area contributed by atoms with Gasteiger partial charge in [0.2, 0.25) is 0 Å². The molecule has 2 fully saturated rings. The second-order valence-electron chi connectivity index (χ2n) is 7.23.